The van der Waals surface area contributed by atoms with Gasteiger partial charge in [-0.25, -0.2) is 0 Å². The van der Waals surface area contributed by atoms with E-state index in [1.54, 1.807) is 18.2 Å². The smallest absolute Gasteiger partial charge is 0.303 e. The molecule has 1 aromatic rings. The lowest BCUT2D eigenvalue weighted by molar-refractivity contribution is -0.156. The molecule has 1 aromatic carbocycles. The van der Waals surface area contributed by atoms with Crippen molar-refractivity contribution in [2.24, 2.45) is 34.8 Å². The summed E-state index contributed by atoms with van der Waals surface area (Å²) in [7, 11) is -4.00. The van der Waals surface area contributed by atoms with Crippen molar-refractivity contribution in [3.63, 3.8) is 0 Å². The van der Waals surface area contributed by atoms with Crippen molar-refractivity contribution in [3.05, 3.63) is 30.3 Å². The number of hydrogen-bond acceptors (Lipinski definition) is 4. The lowest BCUT2D eigenvalue weighted by Gasteiger charge is -2.59. The van der Waals surface area contributed by atoms with Crippen LogP contribution in [0.2, 0.25) is 0 Å². The molecule has 0 aromatic heterocycles. The highest BCUT2D eigenvalue weighted by Gasteiger charge is 2.65. The first-order valence-electron chi connectivity index (χ1n) is 8.72. The van der Waals surface area contributed by atoms with Crippen LogP contribution >= 0.6 is 0 Å². The van der Waals surface area contributed by atoms with Gasteiger partial charge in [-0.3, -0.25) is 9.35 Å². The first-order chi connectivity index (χ1) is 11.8. The maximum atomic E-state index is 11.0. The van der Waals surface area contributed by atoms with E-state index in [1.807, 2.05) is 0 Å². The van der Waals surface area contributed by atoms with E-state index < -0.39 is 16.1 Å². The first kappa shape index (κ1) is 18.4. The highest BCUT2D eigenvalue weighted by Crippen LogP contribution is 2.70. The summed E-state index contributed by atoms with van der Waals surface area (Å²) in [5.74, 6) is 2.32. The third kappa shape index (κ3) is 3.32. The summed E-state index contributed by atoms with van der Waals surface area (Å²) in [6.45, 7) is 0.581. The third-order valence-electron chi connectivity index (χ3n) is 6.49. The van der Waals surface area contributed by atoms with Gasteiger partial charge in [-0.05, 0) is 67.0 Å². The minimum absolute atomic E-state index is 0.0260. The number of aliphatic carboxylic acids is 1. The predicted octanol–water partition coefficient (Wildman–Crippen LogP) is 2.41. The lowest BCUT2D eigenvalue weighted by atomic mass is 9.45. The fraction of sp³-hybridized carbons (Fsp3) is 0.611. The van der Waals surface area contributed by atoms with Gasteiger partial charge >= 0.3 is 5.97 Å². The Labute approximate surface area is 148 Å². The zero-order valence-corrected chi connectivity index (χ0v) is 14.9. The summed E-state index contributed by atoms with van der Waals surface area (Å²) in [5.41, 5.74) is 5.87. The van der Waals surface area contributed by atoms with Gasteiger partial charge in [0.2, 0.25) is 0 Å². The molecular weight excluding hydrogens is 342 g/mol. The molecule has 0 aliphatic heterocycles. The average molecular weight is 367 g/mol. The minimum atomic E-state index is -4.00. The quantitative estimate of drug-likeness (QED) is 0.703. The molecule has 7 heteroatoms. The molecule has 3 aliphatic rings. The summed E-state index contributed by atoms with van der Waals surface area (Å²) in [5, 5.41) is 9.04. The van der Waals surface area contributed by atoms with Gasteiger partial charge in [-0.1, -0.05) is 24.6 Å². The summed E-state index contributed by atoms with van der Waals surface area (Å²) >= 11 is 0. The Bertz CT molecular complexity index is 727. The molecule has 138 valence electrons. The molecule has 0 amide bonds. The second kappa shape index (κ2) is 6.70. The van der Waals surface area contributed by atoms with Crippen LogP contribution in [0.1, 0.15) is 32.1 Å². The maximum Gasteiger partial charge on any atom is 0.303 e. The molecule has 3 aliphatic carbocycles. The molecule has 25 heavy (non-hydrogen) atoms. The van der Waals surface area contributed by atoms with Gasteiger partial charge < -0.3 is 10.8 Å². The molecule has 6 nitrogen and oxygen atoms in total. The molecular formula is C18H25NO5S. The largest absolute Gasteiger partial charge is 0.481 e. The Balaban J connectivity index is 0.000000160. The van der Waals surface area contributed by atoms with Crippen LogP contribution in [0.5, 0.6) is 0 Å². The van der Waals surface area contributed by atoms with Crippen LogP contribution in [0.3, 0.4) is 0 Å². The van der Waals surface area contributed by atoms with Crippen LogP contribution in [-0.4, -0.2) is 30.6 Å². The minimum Gasteiger partial charge on any atom is -0.481 e. The summed E-state index contributed by atoms with van der Waals surface area (Å²) in [4.78, 5) is 10.9. The number of benzene rings is 1. The summed E-state index contributed by atoms with van der Waals surface area (Å²) in [6, 6.07) is 7.42. The Kier molecular flexibility index (Phi) is 4.92. The van der Waals surface area contributed by atoms with Crippen LogP contribution in [0.4, 0.5) is 0 Å². The van der Waals surface area contributed by atoms with Gasteiger partial charge in [0.25, 0.3) is 10.1 Å². The maximum absolute atomic E-state index is 11.0. The van der Waals surface area contributed by atoms with Crippen LogP contribution < -0.4 is 5.73 Å². The molecule has 4 rings (SSSR count). The van der Waals surface area contributed by atoms with Crippen LogP contribution in [-0.2, 0) is 14.9 Å². The number of carbonyl (C=O) groups is 1. The number of fused-ring (bicyclic) bond motifs is 1. The van der Waals surface area contributed by atoms with E-state index in [4.69, 9.17) is 15.4 Å². The van der Waals surface area contributed by atoms with Gasteiger partial charge in [0.15, 0.2) is 0 Å². The van der Waals surface area contributed by atoms with Crippen LogP contribution in [0.15, 0.2) is 35.2 Å². The van der Waals surface area contributed by atoms with E-state index in [1.165, 1.54) is 37.8 Å². The first-order valence-corrected chi connectivity index (χ1v) is 10.2. The molecule has 0 saturated heterocycles. The fourth-order valence-electron chi connectivity index (χ4n) is 5.53. The normalized spacial score (nSPS) is 35.3. The van der Waals surface area contributed by atoms with E-state index >= 15 is 0 Å². The van der Waals surface area contributed by atoms with Crippen molar-refractivity contribution in [1.82, 2.24) is 0 Å². The number of nitrogens with two attached hydrogens (primary N) is 1. The lowest BCUT2D eigenvalue weighted by Crippen LogP contribution is -2.59. The SMILES string of the molecule is NC[C@]1(CC(=O)O)[C@@H]2CC[C@H]3C[C@@H]2[C@@H]1C3.O=S(=O)(O)c1ccccc1. The highest BCUT2D eigenvalue weighted by molar-refractivity contribution is 7.85. The molecule has 3 saturated carbocycles. The number of rotatable bonds is 4. The van der Waals surface area contributed by atoms with E-state index in [0.717, 1.165) is 11.8 Å². The monoisotopic (exact) mass is 367 g/mol. The Morgan fingerprint density at radius 3 is 2.36 bits per heavy atom. The molecule has 0 unspecified atom stereocenters. The van der Waals surface area contributed by atoms with Crippen molar-refractivity contribution in [3.8, 4) is 0 Å². The van der Waals surface area contributed by atoms with Crippen molar-refractivity contribution >= 4 is 16.1 Å². The van der Waals surface area contributed by atoms with Gasteiger partial charge in [0.05, 0.1) is 11.3 Å². The second-order valence-corrected chi connectivity index (χ2v) is 9.01. The van der Waals surface area contributed by atoms with Crippen molar-refractivity contribution < 1.29 is 22.9 Å². The standard InChI is InChI=1S/C12H19NO2.C6H6O3S/c13-6-12(5-11(14)15)9-2-1-7-3-8(9)10(12)4-7;7-10(8,9)6-4-2-1-3-5-6/h7-10H,1-6,13H2,(H,14,15);1-5H,(H,7,8,9)/t7-,8-,9+,10-,12+;/m0./s1. The van der Waals surface area contributed by atoms with E-state index in [9.17, 15) is 13.2 Å². The van der Waals surface area contributed by atoms with Gasteiger partial charge in [-0.15, -0.1) is 0 Å². The van der Waals surface area contributed by atoms with Gasteiger partial charge in [0.1, 0.15) is 0 Å². The molecule has 0 radical (unpaired) electrons. The fourth-order valence-corrected chi connectivity index (χ4v) is 6.03. The number of carboxylic acid groups (broad SMARTS) is 1. The average Bonchev–Trinajstić information content (AvgIpc) is 2.75. The molecule has 0 heterocycles. The predicted molar refractivity (Wildman–Crippen MR) is 92.4 cm³/mol. The number of carboxylic acids is 1. The van der Waals surface area contributed by atoms with Crippen molar-refractivity contribution in [2.45, 2.75) is 37.0 Å². The molecule has 3 fully saturated rings. The zero-order valence-electron chi connectivity index (χ0n) is 14.0. The van der Waals surface area contributed by atoms with Crippen molar-refractivity contribution in [2.75, 3.05) is 6.54 Å². The topological polar surface area (TPSA) is 118 Å². The Morgan fingerprint density at radius 2 is 1.84 bits per heavy atom. The summed E-state index contributed by atoms with van der Waals surface area (Å²) < 4.78 is 29.2. The Hall–Kier alpha value is -1.44. The summed E-state index contributed by atoms with van der Waals surface area (Å²) in [6.07, 6.45) is 5.47. The molecule has 5 atom stereocenters. The highest BCUT2D eigenvalue weighted by atomic mass is 32.2. The molecule has 2 bridgehead atoms. The molecule has 4 N–H and O–H groups in total. The second-order valence-electron chi connectivity index (χ2n) is 7.59. The van der Waals surface area contributed by atoms with E-state index in [0.29, 0.717) is 24.8 Å². The Morgan fingerprint density at radius 1 is 1.16 bits per heavy atom. The number of hydrogen-bond donors (Lipinski definition) is 3. The third-order valence-corrected chi connectivity index (χ3v) is 7.36. The van der Waals surface area contributed by atoms with Crippen LogP contribution in [0, 0.1) is 29.1 Å². The zero-order chi connectivity index (χ0) is 18.2. The van der Waals surface area contributed by atoms with Crippen LogP contribution in [0.25, 0.3) is 0 Å². The van der Waals surface area contributed by atoms with Crippen molar-refractivity contribution in [1.29, 1.82) is 0 Å². The molecule has 0 spiro atoms. The van der Waals surface area contributed by atoms with Gasteiger partial charge in [-0.2, -0.15) is 8.42 Å². The van der Waals surface area contributed by atoms with Gasteiger partial charge in [0, 0.05) is 0 Å². The van der Waals surface area contributed by atoms with E-state index in [2.05, 4.69) is 0 Å². The van der Waals surface area contributed by atoms with E-state index in [-0.39, 0.29) is 10.3 Å².